The highest BCUT2D eigenvalue weighted by Gasteiger charge is 2.45. The topological polar surface area (TPSA) is 55.9 Å². The van der Waals surface area contributed by atoms with E-state index in [4.69, 9.17) is 23.1 Å². The van der Waals surface area contributed by atoms with Crippen molar-refractivity contribution in [3.63, 3.8) is 0 Å². The van der Waals surface area contributed by atoms with E-state index in [1.54, 1.807) is 0 Å². The second-order valence-corrected chi connectivity index (χ2v) is 18.7. The number of azo groups is 2. The summed E-state index contributed by atoms with van der Waals surface area (Å²) < 4.78 is 0. The first-order valence-corrected chi connectivity index (χ1v) is 26.1. The van der Waals surface area contributed by atoms with Crippen LogP contribution in [0.4, 0.5) is 45.5 Å². The number of hydrogen-bond acceptors (Lipinski definition) is 6. The van der Waals surface area contributed by atoms with Crippen molar-refractivity contribution in [2.45, 2.75) is 103 Å². The van der Waals surface area contributed by atoms with Crippen molar-refractivity contribution >= 4 is 67.0 Å². The Morgan fingerprint density at radius 3 is 1.39 bits per heavy atom. The number of anilines is 4. The minimum Gasteiger partial charge on any atom is -0.317 e. The van der Waals surface area contributed by atoms with Gasteiger partial charge >= 0.3 is 0 Å². The molecule has 6 heteroatoms. The van der Waals surface area contributed by atoms with Gasteiger partial charge in [0, 0.05) is 61.2 Å². The fraction of sp³-hybridized carbons (Fsp3) is 0.229. The Kier molecular flexibility index (Phi) is 18.6. The molecule has 1 atom stereocenters. The number of aryl methyl sites for hydroxylation is 1. The summed E-state index contributed by atoms with van der Waals surface area (Å²) in [5, 5.41) is 23.1. The third-order valence-corrected chi connectivity index (χ3v) is 13.4. The minimum absolute atomic E-state index is 0. The number of hydrogen-bond donors (Lipinski definition) is 0. The zero-order valence-corrected chi connectivity index (χ0v) is 43.6. The lowest BCUT2D eigenvalue weighted by Crippen LogP contribution is -2.57. The van der Waals surface area contributed by atoms with Crippen LogP contribution < -0.4 is 9.80 Å². The molecule has 7 aromatic rings. The number of fused-ring (bicyclic) bond motifs is 1. The molecule has 0 saturated heterocycles. The van der Waals surface area contributed by atoms with Crippen molar-refractivity contribution in [1.82, 2.24) is 0 Å². The Morgan fingerprint density at radius 2 is 0.868 bits per heavy atom. The monoisotopic (exact) mass is 1010 g/mol. The van der Waals surface area contributed by atoms with Crippen molar-refractivity contribution in [3.05, 3.63) is 156 Å². The molecule has 0 N–H and O–H groups in total. The first kappa shape index (κ1) is 52.7. The van der Waals surface area contributed by atoms with E-state index in [9.17, 15) is 0 Å². The summed E-state index contributed by atoms with van der Waals surface area (Å²) in [6, 6.07) is 47.7. The van der Waals surface area contributed by atoms with Gasteiger partial charge < -0.3 is 9.80 Å². The van der Waals surface area contributed by atoms with Gasteiger partial charge in [0.15, 0.2) is 0 Å². The van der Waals surface area contributed by atoms with Gasteiger partial charge in [0.05, 0.1) is 34.1 Å². The summed E-state index contributed by atoms with van der Waals surface area (Å²) in [5.74, 6) is 38.0. The molecule has 0 radical (unpaired) electrons. The lowest BCUT2D eigenvalue weighted by atomic mass is 9.89. The van der Waals surface area contributed by atoms with Crippen LogP contribution in [0.25, 0.3) is 21.5 Å². The first-order chi connectivity index (χ1) is 37.4. The lowest BCUT2D eigenvalue weighted by Gasteiger charge is -2.55. The van der Waals surface area contributed by atoms with E-state index in [-0.39, 0.29) is 17.1 Å². The van der Waals surface area contributed by atoms with E-state index in [2.05, 4.69) is 209 Å². The predicted octanol–water partition coefficient (Wildman–Crippen LogP) is 20.8. The zero-order valence-electron chi connectivity index (χ0n) is 43.6. The molecule has 1 aliphatic rings. The predicted molar refractivity (Wildman–Crippen MR) is 342 cm³/mol. The van der Waals surface area contributed by atoms with Gasteiger partial charge in [-0.3, -0.25) is 0 Å². The number of unbranched alkanes of at least 4 members (excludes halogenated alkanes) is 10. The number of rotatable bonds is 18. The Labute approximate surface area is 468 Å². The van der Waals surface area contributed by atoms with Crippen molar-refractivity contribution in [1.29, 1.82) is 0 Å². The Hall–Kier alpha value is -9.66. The maximum Gasteiger partial charge on any atom is 0.119 e. The van der Waals surface area contributed by atoms with Crippen molar-refractivity contribution < 1.29 is 17.1 Å². The van der Waals surface area contributed by atoms with E-state index in [0.29, 0.717) is 0 Å². The smallest absolute Gasteiger partial charge is 0.119 e. The highest BCUT2D eigenvalue weighted by molar-refractivity contribution is 6.13. The van der Waals surface area contributed by atoms with Crippen LogP contribution >= 0.6 is 0 Å². The third-order valence-electron chi connectivity index (χ3n) is 13.4. The Morgan fingerprint density at radius 1 is 0.434 bits per heavy atom. The molecule has 0 spiro atoms. The van der Waals surface area contributed by atoms with E-state index in [0.717, 1.165) is 97.4 Å². The highest BCUT2D eigenvalue weighted by Crippen LogP contribution is 2.55. The maximum atomic E-state index is 5.25. The van der Waals surface area contributed by atoms with Gasteiger partial charge in [-0.2, -0.15) is 5.11 Å². The van der Waals surface area contributed by atoms with E-state index >= 15 is 0 Å². The summed E-state index contributed by atoms with van der Waals surface area (Å²) in [7, 11) is 0. The molecule has 1 unspecified atom stereocenters. The van der Waals surface area contributed by atoms with Crippen LogP contribution in [0.2, 0.25) is 0 Å². The van der Waals surface area contributed by atoms with Gasteiger partial charge in [-0.25, -0.2) is 0 Å². The molecule has 0 bridgehead atoms. The average molecular weight is 1010 g/mol. The molecule has 1 heterocycles. The van der Waals surface area contributed by atoms with E-state index in [1.165, 1.54) is 63.4 Å². The van der Waals surface area contributed by atoms with Crippen LogP contribution in [0.1, 0.15) is 125 Å². The standard InChI is InChI=1S/C70H58N6.12H2/c1-6-9-12-15-18-19-20-21-22-25-30-54-70(5)75(59-46-40-56(41-47-59)32-26-23-16-13-10-7-2)67-37-31-36-63-66(52-53-68(69(63)67)76(70)60-48-42-57(43-49-60)33-27-24-17-14-11-8-3)74-73-65-51-50-64(61-34-28-29-35-62(61)65)72-71-58-44-38-55(4)39-45-58;;;;;;;;;;;;/h2-3,28-29,31,34-53H,6,9,12,15,18-22,25,30,54H2,1,4-5H3;12*1H. The molecule has 7 aromatic carbocycles. The molecular formula is C70H82N6. The van der Waals surface area contributed by atoms with Crippen LogP contribution in [0.5, 0.6) is 0 Å². The van der Waals surface area contributed by atoms with Gasteiger partial charge in [-0.05, 0) is 189 Å². The van der Waals surface area contributed by atoms with Crippen LogP contribution in [0, 0.1) is 103 Å². The SMILES string of the molecule is C#CC#CC#CC#Cc1ccc(N2c3cccc4c(N=Nc5ccc(N=Nc6ccc(C)cc6)c6ccccc56)ccc(c34)N(c3ccc(C#CC#CC#CC#C)cc3)C2(C)CCCCCCCCCCCCC)cc1.[HH].[HH].[HH].[HH].[HH].[HH].[HH].[HH].[HH].[HH].[HH].[HH]. The third kappa shape index (κ3) is 13.3. The highest BCUT2D eigenvalue weighted by atomic mass is 15.4. The maximum absolute atomic E-state index is 5.25. The van der Waals surface area contributed by atoms with Gasteiger partial charge in [0.25, 0.3) is 0 Å². The van der Waals surface area contributed by atoms with Gasteiger partial charge in [-0.1, -0.05) is 137 Å². The molecule has 8 rings (SSSR count). The molecule has 0 fully saturated rings. The molecule has 392 valence electrons. The second kappa shape index (κ2) is 26.9. The molecule has 0 aliphatic carbocycles. The van der Waals surface area contributed by atoms with E-state index < -0.39 is 5.66 Å². The van der Waals surface area contributed by atoms with Gasteiger partial charge in [0.1, 0.15) is 5.66 Å². The molecule has 0 saturated carbocycles. The van der Waals surface area contributed by atoms with Crippen LogP contribution in [0.3, 0.4) is 0 Å². The Bertz CT molecular complexity index is 3680. The number of benzene rings is 7. The lowest BCUT2D eigenvalue weighted by molar-refractivity contribution is 0.403. The number of terminal acetylenes is 2. The van der Waals surface area contributed by atoms with Crippen molar-refractivity contribution in [2.75, 3.05) is 9.80 Å². The summed E-state index contributed by atoms with van der Waals surface area (Å²) >= 11 is 0. The van der Waals surface area contributed by atoms with Gasteiger partial charge in [-0.15, -0.1) is 28.2 Å². The summed E-state index contributed by atoms with van der Waals surface area (Å²) in [5.41, 5.74) is 9.50. The van der Waals surface area contributed by atoms with Crippen LogP contribution in [-0.2, 0) is 0 Å². The molecule has 1 aliphatic heterocycles. The normalized spacial score (nSPS) is 13.1. The summed E-state index contributed by atoms with van der Waals surface area (Å²) in [4.78, 5) is 5.01. The van der Waals surface area contributed by atoms with Crippen molar-refractivity contribution in [3.8, 4) is 95.7 Å². The summed E-state index contributed by atoms with van der Waals surface area (Å²) in [6.45, 7) is 6.70. The number of nitrogens with zero attached hydrogens (tertiary/aromatic N) is 6. The minimum atomic E-state index is -0.580. The zero-order chi connectivity index (χ0) is 52.8. The molecule has 76 heavy (non-hydrogen) atoms. The Balaban J connectivity index is -0.00000191. The van der Waals surface area contributed by atoms with Crippen LogP contribution in [0.15, 0.2) is 160 Å². The molecule has 0 amide bonds. The fourth-order valence-corrected chi connectivity index (χ4v) is 9.74. The first-order valence-electron chi connectivity index (χ1n) is 26.1. The fourth-order valence-electron chi connectivity index (χ4n) is 9.74. The summed E-state index contributed by atoms with van der Waals surface area (Å²) in [6.07, 6.45) is 25.3. The van der Waals surface area contributed by atoms with Crippen LogP contribution in [-0.4, -0.2) is 5.66 Å². The average Bonchev–Trinajstić information content (AvgIpc) is 0.806. The van der Waals surface area contributed by atoms with Crippen molar-refractivity contribution in [2.24, 2.45) is 20.5 Å². The second-order valence-electron chi connectivity index (χ2n) is 18.7. The quantitative estimate of drug-likeness (QED) is 0.0489. The largest absolute Gasteiger partial charge is 0.317 e. The molecule has 0 aromatic heterocycles. The van der Waals surface area contributed by atoms with E-state index in [1.807, 2.05) is 54.6 Å². The molecule has 6 nitrogen and oxygen atoms in total. The molecular weight excluding hydrogens is 925 g/mol. The van der Waals surface area contributed by atoms with Gasteiger partial charge in [0.2, 0.25) is 0 Å².